The average Bonchev–Trinajstić information content (AvgIpc) is 2.55. The third-order valence-corrected chi connectivity index (χ3v) is 2.93. The number of likely N-dealkylation sites (N-methyl/N-ethyl adjacent to an activating group) is 1. The minimum atomic E-state index is -0.302. The Morgan fingerprint density at radius 3 is 2.50 bits per heavy atom. The van der Waals surface area contributed by atoms with Crippen molar-refractivity contribution in [3.05, 3.63) is 35.6 Å². The largest absolute Gasteiger partial charge is 0.439 e. The summed E-state index contributed by atoms with van der Waals surface area (Å²) in [6.45, 7) is 4.46. The molecular formula is C12H14FNO2. The highest BCUT2D eigenvalue weighted by atomic mass is 19.1. The van der Waals surface area contributed by atoms with Crippen LogP contribution < -0.4 is 0 Å². The van der Waals surface area contributed by atoms with Gasteiger partial charge in [0.2, 0.25) is 0 Å². The molecule has 1 saturated heterocycles. The third kappa shape index (κ3) is 1.75. The first-order valence-corrected chi connectivity index (χ1v) is 5.36. The molecule has 2 atom stereocenters. The van der Waals surface area contributed by atoms with E-state index in [0.717, 1.165) is 5.56 Å². The van der Waals surface area contributed by atoms with Gasteiger partial charge in [0.1, 0.15) is 11.9 Å². The number of halogens is 1. The maximum Gasteiger partial charge on any atom is 0.410 e. The molecule has 1 aliphatic heterocycles. The number of ether oxygens (including phenoxy) is 1. The van der Waals surface area contributed by atoms with Crippen molar-refractivity contribution in [1.29, 1.82) is 0 Å². The second-order valence-electron chi connectivity index (χ2n) is 3.88. The number of benzene rings is 1. The van der Waals surface area contributed by atoms with E-state index < -0.39 is 0 Å². The van der Waals surface area contributed by atoms with Gasteiger partial charge in [-0.2, -0.15) is 0 Å². The van der Waals surface area contributed by atoms with Gasteiger partial charge in [0, 0.05) is 6.54 Å². The molecule has 2 rings (SSSR count). The summed E-state index contributed by atoms with van der Waals surface area (Å²) in [5.74, 6) is -0.284. The summed E-state index contributed by atoms with van der Waals surface area (Å²) in [5, 5.41) is 0. The molecule has 0 bridgehead atoms. The van der Waals surface area contributed by atoms with E-state index in [2.05, 4.69) is 0 Å². The monoisotopic (exact) mass is 223 g/mol. The summed E-state index contributed by atoms with van der Waals surface area (Å²) in [6.07, 6.45) is -0.600. The molecular weight excluding hydrogens is 209 g/mol. The molecule has 16 heavy (non-hydrogen) atoms. The number of cyclic esters (lactones) is 1. The lowest BCUT2D eigenvalue weighted by atomic mass is 10.0. The lowest BCUT2D eigenvalue weighted by molar-refractivity contribution is 0.131. The van der Waals surface area contributed by atoms with Crippen LogP contribution in [0.2, 0.25) is 0 Å². The number of amides is 1. The summed E-state index contributed by atoms with van der Waals surface area (Å²) in [7, 11) is 0. The molecule has 1 heterocycles. The predicted molar refractivity (Wildman–Crippen MR) is 57.5 cm³/mol. The van der Waals surface area contributed by atoms with Crippen LogP contribution in [0.25, 0.3) is 0 Å². The number of hydrogen-bond donors (Lipinski definition) is 0. The van der Waals surface area contributed by atoms with Gasteiger partial charge in [-0.05, 0) is 31.5 Å². The molecule has 1 aromatic carbocycles. The standard InChI is InChI=1S/C12H14FNO2/c1-3-14-8(2)11(16-12(14)15)9-4-6-10(13)7-5-9/h4-8,11H,3H2,1-2H3/t8-,11-/m1/s1. The zero-order valence-corrected chi connectivity index (χ0v) is 9.31. The third-order valence-electron chi connectivity index (χ3n) is 2.93. The number of carbonyl (C=O) groups excluding carboxylic acids is 1. The van der Waals surface area contributed by atoms with Gasteiger partial charge in [0.25, 0.3) is 0 Å². The minimum absolute atomic E-state index is 0.0111. The molecule has 1 fully saturated rings. The number of nitrogens with zero attached hydrogens (tertiary/aromatic N) is 1. The van der Waals surface area contributed by atoms with Gasteiger partial charge in [-0.15, -0.1) is 0 Å². The first-order valence-electron chi connectivity index (χ1n) is 5.36. The zero-order chi connectivity index (χ0) is 11.7. The Balaban J connectivity index is 2.23. The zero-order valence-electron chi connectivity index (χ0n) is 9.31. The Labute approximate surface area is 93.8 Å². The SMILES string of the molecule is CCN1C(=O)O[C@@H](c2ccc(F)cc2)[C@H]1C. The molecule has 1 aliphatic rings. The van der Waals surface area contributed by atoms with Gasteiger partial charge in [0.05, 0.1) is 6.04 Å². The van der Waals surface area contributed by atoms with Crippen molar-refractivity contribution in [3.8, 4) is 0 Å². The summed E-state index contributed by atoms with van der Waals surface area (Å²) >= 11 is 0. The van der Waals surface area contributed by atoms with E-state index >= 15 is 0 Å². The molecule has 1 aromatic rings. The molecule has 1 amide bonds. The number of rotatable bonds is 2. The quantitative estimate of drug-likeness (QED) is 0.771. The van der Waals surface area contributed by atoms with Gasteiger partial charge >= 0.3 is 6.09 Å². The summed E-state index contributed by atoms with van der Waals surface area (Å²) in [5.41, 5.74) is 0.832. The first-order chi connectivity index (χ1) is 7.63. The van der Waals surface area contributed by atoms with Crippen molar-refractivity contribution in [2.75, 3.05) is 6.54 Å². The molecule has 0 unspecified atom stereocenters. The van der Waals surface area contributed by atoms with E-state index in [1.54, 1.807) is 17.0 Å². The second-order valence-corrected chi connectivity index (χ2v) is 3.88. The van der Waals surface area contributed by atoms with Gasteiger partial charge in [0.15, 0.2) is 0 Å². The van der Waals surface area contributed by atoms with Crippen LogP contribution in [0.15, 0.2) is 24.3 Å². The second kappa shape index (κ2) is 4.12. The van der Waals surface area contributed by atoms with Crippen LogP contribution in [0, 0.1) is 5.82 Å². The van der Waals surface area contributed by atoms with E-state index in [9.17, 15) is 9.18 Å². The molecule has 0 spiro atoms. The van der Waals surface area contributed by atoms with Gasteiger partial charge in [-0.25, -0.2) is 9.18 Å². The normalized spacial score (nSPS) is 24.7. The molecule has 0 aliphatic carbocycles. The lowest BCUT2D eigenvalue weighted by Gasteiger charge is -2.18. The van der Waals surface area contributed by atoms with Crippen molar-refractivity contribution >= 4 is 6.09 Å². The highest BCUT2D eigenvalue weighted by Gasteiger charge is 2.38. The maximum absolute atomic E-state index is 12.8. The van der Waals surface area contributed by atoms with E-state index in [4.69, 9.17) is 4.74 Å². The maximum atomic E-state index is 12.8. The minimum Gasteiger partial charge on any atom is -0.439 e. The summed E-state index contributed by atoms with van der Waals surface area (Å²) < 4.78 is 18.0. The smallest absolute Gasteiger partial charge is 0.410 e. The molecule has 0 radical (unpaired) electrons. The van der Waals surface area contributed by atoms with Crippen molar-refractivity contribution in [1.82, 2.24) is 4.90 Å². The fourth-order valence-corrected chi connectivity index (χ4v) is 2.02. The van der Waals surface area contributed by atoms with Crippen LogP contribution >= 0.6 is 0 Å². The van der Waals surface area contributed by atoms with E-state index in [0.29, 0.717) is 6.54 Å². The Morgan fingerprint density at radius 2 is 2.00 bits per heavy atom. The van der Waals surface area contributed by atoms with Crippen molar-refractivity contribution in [2.45, 2.75) is 26.0 Å². The first kappa shape index (κ1) is 10.9. The molecule has 86 valence electrons. The summed E-state index contributed by atoms with van der Waals surface area (Å²) in [6, 6.07) is 6.06. The van der Waals surface area contributed by atoms with Crippen LogP contribution in [0.4, 0.5) is 9.18 Å². The molecule has 0 N–H and O–H groups in total. The number of hydrogen-bond acceptors (Lipinski definition) is 2. The predicted octanol–water partition coefficient (Wildman–Crippen LogP) is 2.73. The van der Waals surface area contributed by atoms with Crippen molar-refractivity contribution in [2.24, 2.45) is 0 Å². The van der Waals surface area contributed by atoms with E-state index in [-0.39, 0.29) is 24.1 Å². The van der Waals surface area contributed by atoms with Gasteiger partial charge in [-0.1, -0.05) is 12.1 Å². The van der Waals surface area contributed by atoms with Crippen LogP contribution in [-0.4, -0.2) is 23.6 Å². The fourth-order valence-electron chi connectivity index (χ4n) is 2.02. The van der Waals surface area contributed by atoms with Crippen LogP contribution in [0.1, 0.15) is 25.5 Å². The Morgan fingerprint density at radius 1 is 1.38 bits per heavy atom. The highest BCUT2D eigenvalue weighted by molar-refractivity contribution is 5.70. The van der Waals surface area contributed by atoms with Crippen LogP contribution in [0.3, 0.4) is 0 Å². The summed E-state index contributed by atoms with van der Waals surface area (Å²) in [4.78, 5) is 13.2. The molecule has 3 nitrogen and oxygen atoms in total. The van der Waals surface area contributed by atoms with Gasteiger partial charge in [-0.3, -0.25) is 0 Å². The van der Waals surface area contributed by atoms with Crippen LogP contribution in [0.5, 0.6) is 0 Å². The van der Waals surface area contributed by atoms with Crippen molar-refractivity contribution < 1.29 is 13.9 Å². The van der Waals surface area contributed by atoms with Crippen LogP contribution in [-0.2, 0) is 4.74 Å². The van der Waals surface area contributed by atoms with E-state index in [1.807, 2.05) is 13.8 Å². The molecule has 0 aromatic heterocycles. The Hall–Kier alpha value is -1.58. The van der Waals surface area contributed by atoms with Gasteiger partial charge < -0.3 is 9.64 Å². The average molecular weight is 223 g/mol. The van der Waals surface area contributed by atoms with Crippen molar-refractivity contribution in [3.63, 3.8) is 0 Å². The Bertz CT molecular complexity index is 391. The number of carbonyl (C=O) groups is 1. The molecule has 4 heteroatoms. The fraction of sp³-hybridized carbons (Fsp3) is 0.417. The lowest BCUT2D eigenvalue weighted by Crippen LogP contribution is -2.31. The molecule has 0 saturated carbocycles. The Kier molecular flexibility index (Phi) is 2.81. The topological polar surface area (TPSA) is 29.5 Å². The highest BCUT2D eigenvalue weighted by Crippen LogP contribution is 2.31. The van der Waals surface area contributed by atoms with E-state index in [1.165, 1.54) is 12.1 Å².